The van der Waals surface area contributed by atoms with Crippen molar-refractivity contribution in [3.05, 3.63) is 48.6 Å². The summed E-state index contributed by atoms with van der Waals surface area (Å²) in [5, 5.41) is 14.0. The average Bonchev–Trinajstić information content (AvgIpc) is 3.50. The Balaban J connectivity index is 3.97. The zero-order chi connectivity index (χ0) is 60.5. The van der Waals surface area contributed by atoms with Gasteiger partial charge in [0.05, 0.1) is 39.9 Å². The van der Waals surface area contributed by atoms with Gasteiger partial charge in [0.1, 0.15) is 13.2 Å². The molecule has 0 aromatic carbocycles. The molecule has 0 aliphatic rings. The first kappa shape index (κ1) is 81.5. The molecule has 0 spiro atoms. The molecule has 0 saturated heterocycles. The molecule has 0 saturated carbocycles. The fourth-order valence-corrected chi connectivity index (χ4v) is 11.8. The van der Waals surface area contributed by atoms with Crippen LogP contribution < -0.4 is 5.32 Å². The molecule has 0 rings (SSSR count). The second-order valence-electron chi connectivity index (χ2n) is 26.3. The molecule has 490 valence electrons. The third-order valence-electron chi connectivity index (χ3n) is 16.7. The largest absolute Gasteiger partial charge is 0.472 e. The molecule has 8 nitrogen and oxygen atoms in total. The van der Waals surface area contributed by atoms with Gasteiger partial charge in [0, 0.05) is 6.42 Å². The number of amides is 1. The number of likely N-dealkylation sites (N-methyl/N-ethyl adjacent to an activating group) is 1. The maximum atomic E-state index is 13.0. The van der Waals surface area contributed by atoms with E-state index >= 15 is 0 Å². The van der Waals surface area contributed by atoms with Gasteiger partial charge in [-0.1, -0.05) is 339 Å². The molecule has 0 aromatic heterocycles. The third-order valence-corrected chi connectivity index (χ3v) is 17.7. The molecule has 3 unspecified atom stereocenters. The second kappa shape index (κ2) is 64.9. The Morgan fingerprint density at radius 3 is 0.964 bits per heavy atom. The van der Waals surface area contributed by atoms with Gasteiger partial charge in [0.15, 0.2) is 0 Å². The van der Waals surface area contributed by atoms with Gasteiger partial charge in [0.2, 0.25) is 5.91 Å². The number of hydrogen-bond acceptors (Lipinski definition) is 5. The first-order valence-corrected chi connectivity index (χ1v) is 38.0. The molecule has 0 fully saturated rings. The van der Waals surface area contributed by atoms with Crippen molar-refractivity contribution in [3.8, 4) is 0 Å². The van der Waals surface area contributed by atoms with E-state index in [0.717, 1.165) is 44.9 Å². The minimum atomic E-state index is -4.36. The summed E-state index contributed by atoms with van der Waals surface area (Å²) < 4.78 is 23.8. The van der Waals surface area contributed by atoms with Crippen LogP contribution in [0.2, 0.25) is 0 Å². The molecule has 0 heterocycles. The van der Waals surface area contributed by atoms with Gasteiger partial charge >= 0.3 is 7.82 Å². The molecular formula is C74H144N2O6P+. The third kappa shape index (κ3) is 67.8. The predicted octanol–water partition coefficient (Wildman–Crippen LogP) is 23.4. The number of nitrogens with one attached hydrogen (secondary N) is 1. The monoisotopic (exact) mass is 1190 g/mol. The standard InChI is InChI=1S/C74H143N2O6P/c1-6-8-10-12-14-16-18-20-22-24-26-28-30-31-32-33-34-35-36-37-38-39-40-41-42-43-44-45-46-48-50-52-54-56-58-60-62-64-66-68-74(78)75-72(71-82-83(79,80)81-70-69-76(3,4)5)73(77)67-65-63-61-59-57-55-53-51-49-47-29-27-25-23-21-19-17-15-13-11-9-7-2/h24,26,49,51,57,59,65,67,72-73,77H,6-23,25,27-48,50,52-56,58,60-64,66,68-71H2,1-5H3,(H-,75,78,79,80)/p+1/b26-24-,51-49+,59-57+,67-65+. The predicted molar refractivity (Wildman–Crippen MR) is 364 cm³/mol. The Kier molecular flexibility index (Phi) is 63.7. The fraction of sp³-hybridized carbons (Fsp3) is 0.878. The van der Waals surface area contributed by atoms with E-state index in [1.54, 1.807) is 6.08 Å². The van der Waals surface area contributed by atoms with Gasteiger partial charge in [-0.05, 0) is 70.6 Å². The van der Waals surface area contributed by atoms with E-state index in [9.17, 15) is 19.4 Å². The number of phosphoric acid groups is 1. The van der Waals surface area contributed by atoms with Gasteiger partial charge in [-0.2, -0.15) is 0 Å². The summed E-state index contributed by atoms with van der Waals surface area (Å²) in [6, 6.07) is -0.870. The molecule has 0 radical (unpaired) electrons. The minimum Gasteiger partial charge on any atom is -0.387 e. The van der Waals surface area contributed by atoms with Crippen molar-refractivity contribution in [1.29, 1.82) is 0 Å². The number of phosphoric ester groups is 1. The summed E-state index contributed by atoms with van der Waals surface area (Å²) >= 11 is 0. The topological polar surface area (TPSA) is 105 Å². The number of aliphatic hydroxyl groups is 1. The summed E-state index contributed by atoms with van der Waals surface area (Å²) in [6.45, 7) is 4.83. The van der Waals surface area contributed by atoms with Crippen LogP contribution in [0.3, 0.4) is 0 Å². The van der Waals surface area contributed by atoms with Crippen LogP contribution in [0.25, 0.3) is 0 Å². The second-order valence-corrected chi connectivity index (χ2v) is 27.8. The van der Waals surface area contributed by atoms with Crippen molar-refractivity contribution < 1.29 is 32.9 Å². The lowest BCUT2D eigenvalue weighted by Crippen LogP contribution is -2.45. The Hall–Kier alpha value is -1.54. The summed E-state index contributed by atoms with van der Waals surface area (Å²) in [5.74, 6) is -0.184. The number of carbonyl (C=O) groups is 1. The molecule has 1 amide bonds. The van der Waals surface area contributed by atoms with Crippen molar-refractivity contribution in [3.63, 3.8) is 0 Å². The van der Waals surface area contributed by atoms with Gasteiger partial charge in [-0.3, -0.25) is 13.8 Å². The number of hydrogen-bond donors (Lipinski definition) is 3. The van der Waals surface area contributed by atoms with Crippen LogP contribution in [0.4, 0.5) is 0 Å². The van der Waals surface area contributed by atoms with Crippen LogP contribution >= 0.6 is 7.82 Å². The number of quaternary nitrogens is 1. The Labute approximate surface area is 518 Å². The minimum absolute atomic E-state index is 0.0547. The maximum Gasteiger partial charge on any atom is 0.472 e. The average molecular weight is 1190 g/mol. The zero-order valence-electron chi connectivity index (χ0n) is 56.2. The van der Waals surface area contributed by atoms with E-state index in [1.807, 2.05) is 27.2 Å². The van der Waals surface area contributed by atoms with Gasteiger partial charge < -0.3 is 19.8 Å². The highest BCUT2D eigenvalue weighted by molar-refractivity contribution is 7.47. The maximum absolute atomic E-state index is 13.0. The van der Waals surface area contributed by atoms with Gasteiger partial charge in [0.25, 0.3) is 0 Å². The van der Waals surface area contributed by atoms with E-state index in [4.69, 9.17) is 9.05 Å². The molecule has 0 aromatic rings. The number of unbranched alkanes of at least 4 members (excludes halogenated alkanes) is 49. The lowest BCUT2D eigenvalue weighted by atomic mass is 10.0. The van der Waals surface area contributed by atoms with Crippen LogP contribution in [0, 0.1) is 0 Å². The molecule has 0 bridgehead atoms. The molecule has 0 aliphatic heterocycles. The first-order chi connectivity index (χ1) is 40.5. The highest BCUT2D eigenvalue weighted by atomic mass is 31.2. The highest BCUT2D eigenvalue weighted by Crippen LogP contribution is 2.43. The number of allylic oxidation sites excluding steroid dienone is 7. The molecule has 9 heteroatoms. The lowest BCUT2D eigenvalue weighted by molar-refractivity contribution is -0.870. The summed E-state index contributed by atoms with van der Waals surface area (Å²) in [6.07, 6.45) is 88.6. The van der Waals surface area contributed by atoms with Crippen LogP contribution in [0.1, 0.15) is 367 Å². The van der Waals surface area contributed by atoms with Gasteiger partial charge in [-0.15, -0.1) is 0 Å². The van der Waals surface area contributed by atoms with Crippen LogP contribution in [0.15, 0.2) is 48.6 Å². The number of rotatable bonds is 68. The smallest absolute Gasteiger partial charge is 0.387 e. The van der Waals surface area contributed by atoms with Crippen molar-refractivity contribution >= 4 is 13.7 Å². The number of nitrogens with zero attached hydrogens (tertiary/aromatic N) is 1. The number of aliphatic hydroxyl groups excluding tert-OH is 1. The van der Waals surface area contributed by atoms with Gasteiger partial charge in [-0.25, -0.2) is 4.57 Å². The highest BCUT2D eigenvalue weighted by Gasteiger charge is 2.28. The van der Waals surface area contributed by atoms with E-state index in [0.29, 0.717) is 17.4 Å². The zero-order valence-corrected chi connectivity index (χ0v) is 57.1. The van der Waals surface area contributed by atoms with Crippen LogP contribution in [-0.2, 0) is 18.4 Å². The van der Waals surface area contributed by atoms with Crippen molar-refractivity contribution in [1.82, 2.24) is 5.32 Å². The van der Waals surface area contributed by atoms with E-state index in [2.05, 4.69) is 55.6 Å². The van der Waals surface area contributed by atoms with Crippen molar-refractivity contribution in [2.45, 2.75) is 379 Å². The Morgan fingerprint density at radius 1 is 0.398 bits per heavy atom. The number of carbonyl (C=O) groups excluding carboxylic acids is 1. The lowest BCUT2D eigenvalue weighted by Gasteiger charge is -2.25. The summed E-state index contributed by atoms with van der Waals surface area (Å²) in [5.41, 5.74) is 0. The SMILES string of the molecule is CCCCCCCCCC/C=C\CCCCCCCCCCCCCCCCCCCCCCCCCCCCCC(=O)NC(COP(=O)(O)OCC[N+](C)(C)C)C(O)/C=C/CC/C=C/CC/C=C/CCCCCCCCCCCCCC. The normalized spacial score (nSPS) is 13.9. The van der Waals surface area contributed by atoms with Crippen LogP contribution in [-0.4, -0.2) is 73.4 Å². The molecule has 0 aliphatic carbocycles. The fourth-order valence-electron chi connectivity index (χ4n) is 11.1. The van der Waals surface area contributed by atoms with E-state index < -0.39 is 20.0 Å². The van der Waals surface area contributed by atoms with E-state index in [1.165, 1.54) is 302 Å². The molecule has 3 atom stereocenters. The Morgan fingerprint density at radius 2 is 0.663 bits per heavy atom. The quantitative estimate of drug-likeness (QED) is 0.0243. The Bertz CT molecular complexity index is 1490. The van der Waals surface area contributed by atoms with Crippen LogP contribution in [0.5, 0.6) is 0 Å². The summed E-state index contributed by atoms with van der Waals surface area (Å²) in [4.78, 5) is 23.4. The summed E-state index contributed by atoms with van der Waals surface area (Å²) in [7, 11) is 1.56. The first-order valence-electron chi connectivity index (χ1n) is 36.5. The molecule has 3 N–H and O–H groups in total. The van der Waals surface area contributed by atoms with Crippen molar-refractivity contribution in [2.75, 3.05) is 40.9 Å². The van der Waals surface area contributed by atoms with E-state index in [-0.39, 0.29) is 19.1 Å². The molecule has 83 heavy (non-hydrogen) atoms. The van der Waals surface area contributed by atoms with Crippen molar-refractivity contribution in [2.24, 2.45) is 0 Å². The molecular weight excluding hydrogens is 1040 g/mol.